The molecule has 0 fully saturated rings. The molecule has 0 aromatic heterocycles. The van der Waals surface area contributed by atoms with Crippen molar-refractivity contribution in [3.63, 3.8) is 0 Å². The summed E-state index contributed by atoms with van der Waals surface area (Å²) in [7, 11) is 1.10. The highest BCUT2D eigenvalue weighted by molar-refractivity contribution is 7.37. The molecule has 0 aliphatic rings. The average molecular weight is 174 g/mol. The Hall–Kier alpha value is 0.430. The smallest absolute Gasteiger partial charge is 0.0214 e. The van der Waals surface area contributed by atoms with Gasteiger partial charge in [-0.3, -0.25) is 0 Å². The first-order chi connectivity index (χ1) is 5.10. The van der Waals surface area contributed by atoms with Gasteiger partial charge in [-0.2, -0.15) is 0 Å². The largest absolute Gasteiger partial charge is 0.122 e. The lowest BCUT2D eigenvalue weighted by atomic mass is 9.80. The van der Waals surface area contributed by atoms with E-state index in [2.05, 4.69) is 34.4 Å². The van der Waals surface area contributed by atoms with Crippen molar-refractivity contribution in [2.24, 2.45) is 5.41 Å². The molecule has 0 heterocycles. The van der Waals surface area contributed by atoms with Gasteiger partial charge in [0.05, 0.1) is 0 Å². The van der Waals surface area contributed by atoms with E-state index in [4.69, 9.17) is 0 Å². The fourth-order valence-electron chi connectivity index (χ4n) is 1.62. The Bertz CT molecular complexity index is 101. The second-order valence-electron chi connectivity index (χ2n) is 3.77. The van der Waals surface area contributed by atoms with Gasteiger partial charge in [-0.25, -0.2) is 0 Å². The van der Waals surface area contributed by atoms with Crippen molar-refractivity contribution in [3.8, 4) is 0 Å². The number of hydrogen-bond donors (Lipinski definition) is 0. The second kappa shape index (κ2) is 5.14. The Labute approximate surface area is 73.9 Å². The van der Waals surface area contributed by atoms with Gasteiger partial charge in [-0.05, 0) is 24.2 Å². The van der Waals surface area contributed by atoms with Crippen LogP contribution in [-0.4, -0.2) is 12.3 Å². The summed E-state index contributed by atoms with van der Waals surface area (Å²) >= 11 is 0. The lowest BCUT2D eigenvalue weighted by molar-refractivity contribution is 0.279. The van der Waals surface area contributed by atoms with Gasteiger partial charge in [-0.1, -0.05) is 40.5 Å². The fraction of sp³-hybridized carbons (Fsp3) is 1.00. The van der Waals surface area contributed by atoms with Crippen LogP contribution in [-0.2, 0) is 0 Å². The van der Waals surface area contributed by atoms with Crippen molar-refractivity contribution in [1.82, 2.24) is 0 Å². The van der Waals surface area contributed by atoms with E-state index >= 15 is 0 Å². The van der Waals surface area contributed by atoms with Crippen molar-refractivity contribution in [3.05, 3.63) is 0 Å². The standard InChI is InChI=1S/C10H23P/c1-6-8-10(4,7-2)9(3)11-5/h9,11H,6-8H2,1-5H3. The highest BCUT2D eigenvalue weighted by atomic mass is 31.1. The van der Waals surface area contributed by atoms with Gasteiger partial charge in [0.2, 0.25) is 0 Å². The third-order valence-electron chi connectivity index (χ3n) is 3.11. The molecule has 0 aromatic carbocycles. The van der Waals surface area contributed by atoms with Crippen molar-refractivity contribution < 1.29 is 0 Å². The maximum absolute atomic E-state index is 2.44. The van der Waals surface area contributed by atoms with Crippen LogP contribution in [0.4, 0.5) is 0 Å². The summed E-state index contributed by atoms with van der Waals surface area (Å²) in [6.07, 6.45) is 4.06. The Balaban J connectivity index is 4.07. The molecule has 0 aliphatic heterocycles. The summed E-state index contributed by atoms with van der Waals surface area (Å²) in [4.78, 5) is 0. The molecule has 3 atom stereocenters. The molecule has 0 rings (SSSR count). The molecular weight excluding hydrogens is 151 g/mol. The third-order valence-corrected chi connectivity index (χ3v) is 4.67. The third kappa shape index (κ3) is 3.11. The lowest BCUT2D eigenvalue weighted by Crippen LogP contribution is -2.25. The first-order valence-corrected chi connectivity index (χ1v) is 6.35. The van der Waals surface area contributed by atoms with E-state index in [0.717, 1.165) is 14.2 Å². The van der Waals surface area contributed by atoms with Gasteiger partial charge in [-0.15, -0.1) is 8.58 Å². The number of hydrogen-bond acceptors (Lipinski definition) is 0. The Morgan fingerprint density at radius 1 is 1.36 bits per heavy atom. The van der Waals surface area contributed by atoms with Crippen molar-refractivity contribution in [2.75, 3.05) is 6.66 Å². The Morgan fingerprint density at radius 3 is 2.18 bits per heavy atom. The quantitative estimate of drug-likeness (QED) is 0.554. The predicted molar refractivity (Wildman–Crippen MR) is 57.0 cm³/mol. The molecule has 68 valence electrons. The molecule has 0 spiro atoms. The maximum atomic E-state index is 2.44. The minimum atomic E-state index is 0.613. The van der Waals surface area contributed by atoms with E-state index in [0.29, 0.717) is 5.41 Å². The van der Waals surface area contributed by atoms with Crippen LogP contribution >= 0.6 is 8.58 Å². The molecular formula is C10H23P. The van der Waals surface area contributed by atoms with Crippen molar-refractivity contribution in [1.29, 1.82) is 0 Å². The van der Waals surface area contributed by atoms with E-state index in [-0.39, 0.29) is 0 Å². The average Bonchev–Trinajstić information content (AvgIpc) is 2.03. The fourth-order valence-corrected chi connectivity index (χ4v) is 2.66. The van der Waals surface area contributed by atoms with Gasteiger partial charge in [0.1, 0.15) is 0 Å². The molecule has 11 heavy (non-hydrogen) atoms. The molecule has 0 saturated carbocycles. The summed E-state index contributed by atoms with van der Waals surface area (Å²) in [6.45, 7) is 11.8. The molecule has 0 radical (unpaired) electrons. The van der Waals surface area contributed by atoms with Crippen LogP contribution in [0.25, 0.3) is 0 Å². The maximum Gasteiger partial charge on any atom is -0.0214 e. The summed E-state index contributed by atoms with van der Waals surface area (Å²) < 4.78 is 0. The molecule has 0 saturated heterocycles. The Morgan fingerprint density at radius 2 is 1.91 bits per heavy atom. The van der Waals surface area contributed by atoms with E-state index in [1.54, 1.807) is 0 Å². The van der Waals surface area contributed by atoms with Crippen LogP contribution in [0, 0.1) is 5.41 Å². The van der Waals surface area contributed by atoms with E-state index < -0.39 is 0 Å². The van der Waals surface area contributed by atoms with E-state index in [9.17, 15) is 0 Å². The second-order valence-corrected chi connectivity index (χ2v) is 5.21. The van der Waals surface area contributed by atoms with Crippen molar-refractivity contribution >= 4 is 8.58 Å². The van der Waals surface area contributed by atoms with Gasteiger partial charge in [0, 0.05) is 0 Å². The first-order valence-electron chi connectivity index (χ1n) is 4.78. The normalized spacial score (nSPS) is 20.5. The molecule has 1 heteroatoms. The zero-order chi connectivity index (χ0) is 8.91. The van der Waals surface area contributed by atoms with Crippen LogP contribution in [0.5, 0.6) is 0 Å². The summed E-state index contributed by atoms with van der Waals surface area (Å²) in [6, 6.07) is 0. The molecule has 0 amide bonds. The molecule has 3 unspecified atom stereocenters. The summed E-state index contributed by atoms with van der Waals surface area (Å²) in [5, 5.41) is 0. The lowest BCUT2D eigenvalue weighted by Gasteiger charge is -2.34. The SMILES string of the molecule is CCCC(C)(CC)C(C)PC. The van der Waals surface area contributed by atoms with Gasteiger partial charge in [0.15, 0.2) is 0 Å². The van der Waals surface area contributed by atoms with Crippen molar-refractivity contribution in [2.45, 2.75) is 52.6 Å². The zero-order valence-corrected chi connectivity index (χ0v) is 9.70. The van der Waals surface area contributed by atoms with Gasteiger partial charge >= 0.3 is 0 Å². The highest BCUT2D eigenvalue weighted by Gasteiger charge is 2.26. The number of rotatable bonds is 5. The van der Waals surface area contributed by atoms with Crippen LogP contribution in [0.1, 0.15) is 47.0 Å². The van der Waals surface area contributed by atoms with E-state index in [1.165, 1.54) is 19.3 Å². The van der Waals surface area contributed by atoms with Crippen LogP contribution in [0.15, 0.2) is 0 Å². The van der Waals surface area contributed by atoms with Gasteiger partial charge < -0.3 is 0 Å². The summed E-state index contributed by atoms with van der Waals surface area (Å²) in [5.74, 6) is 0. The predicted octanol–water partition coefficient (Wildman–Crippen LogP) is 3.90. The molecule has 0 N–H and O–H groups in total. The molecule has 0 aromatic rings. The topological polar surface area (TPSA) is 0 Å². The van der Waals surface area contributed by atoms with Crippen LogP contribution in [0.3, 0.4) is 0 Å². The van der Waals surface area contributed by atoms with Gasteiger partial charge in [0.25, 0.3) is 0 Å². The Kier molecular flexibility index (Phi) is 5.34. The molecule has 0 bridgehead atoms. The minimum absolute atomic E-state index is 0.613. The highest BCUT2D eigenvalue weighted by Crippen LogP contribution is 2.39. The summed E-state index contributed by atoms with van der Waals surface area (Å²) in [5.41, 5.74) is 1.52. The van der Waals surface area contributed by atoms with Crippen LogP contribution < -0.4 is 0 Å². The molecule has 0 aliphatic carbocycles. The minimum Gasteiger partial charge on any atom is -0.122 e. The first kappa shape index (κ1) is 11.4. The van der Waals surface area contributed by atoms with Crippen LogP contribution in [0.2, 0.25) is 0 Å². The monoisotopic (exact) mass is 174 g/mol. The zero-order valence-electron chi connectivity index (χ0n) is 8.70. The van der Waals surface area contributed by atoms with E-state index in [1.807, 2.05) is 0 Å². The molecule has 0 nitrogen and oxygen atoms in total.